The van der Waals surface area contributed by atoms with Crippen LogP contribution in [0.3, 0.4) is 0 Å². The largest absolute Gasteiger partial charge is 0.492 e. The SMILES string of the molecule is CCOc1cccc2sc(=NC(=O)c3ccc4c(c3)CCCC4)n(CC(=O)OC)c12. The number of benzene rings is 2. The lowest BCUT2D eigenvalue weighted by Gasteiger charge is -2.15. The molecule has 2 aromatic carbocycles. The Bertz CT molecular complexity index is 1180. The van der Waals surface area contributed by atoms with Crippen molar-refractivity contribution in [3.05, 3.63) is 57.9 Å². The zero-order chi connectivity index (χ0) is 21.1. The highest BCUT2D eigenvalue weighted by Crippen LogP contribution is 2.28. The van der Waals surface area contributed by atoms with E-state index in [1.807, 2.05) is 43.3 Å². The zero-order valence-corrected chi connectivity index (χ0v) is 18.0. The summed E-state index contributed by atoms with van der Waals surface area (Å²) in [4.78, 5) is 29.9. The molecule has 0 N–H and O–H groups in total. The number of amides is 1. The van der Waals surface area contributed by atoms with Crippen molar-refractivity contribution in [2.75, 3.05) is 13.7 Å². The Morgan fingerprint density at radius 2 is 1.93 bits per heavy atom. The predicted molar refractivity (Wildman–Crippen MR) is 116 cm³/mol. The standard InChI is InChI=1S/C23H24N2O4S/c1-3-29-18-9-6-10-19-21(18)25(14-20(26)28-2)23(30-19)24-22(27)17-12-11-15-7-4-5-8-16(15)13-17/h6,9-13H,3-5,7-8,14H2,1-2H3. The second-order valence-electron chi connectivity index (χ2n) is 7.19. The number of esters is 1. The normalized spacial score (nSPS) is 13.9. The van der Waals surface area contributed by atoms with Gasteiger partial charge in [0.15, 0.2) is 4.80 Å². The molecule has 7 heteroatoms. The maximum Gasteiger partial charge on any atom is 0.325 e. The van der Waals surface area contributed by atoms with Crippen LogP contribution >= 0.6 is 11.3 Å². The Balaban J connectivity index is 1.81. The molecular formula is C23H24N2O4S. The second-order valence-corrected chi connectivity index (χ2v) is 8.20. The predicted octanol–water partition coefficient (Wildman–Crippen LogP) is 3.89. The van der Waals surface area contributed by atoms with E-state index in [-0.39, 0.29) is 12.5 Å². The molecule has 0 saturated heterocycles. The van der Waals surface area contributed by atoms with Crippen LogP contribution in [0, 0.1) is 0 Å². The Labute approximate surface area is 178 Å². The summed E-state index contributed by atoms with van der Waals surface area (Å²) >= 11 is 1.36. The molecule has 6 nitrogen and oxygen atoms in total. The van der Waals surface area contributed by atoms with Gasteiger partial charge < -0.3 is 14.0 Å². The van der Waals surface area contributed by atoms with Gasteiger partial charge in [0, 0.05) is 5.56 Å². The van der Waals surface area contributed by atoms with E-state index in [0.717, 1.165) is 29.5 Å². The third-order valence-corrected chi connectivity index (χ3v) is 6.32. The number of hydrogen-bond acceptors (Lipinski definition) is 5. The van der Waals surface area contributed by atoms with Gasteiger partial charge in [0.2, 0.25) is 0 Å². The van der Waals surface area contributed by atoms with Crippen LogP contribution in [0.25, 0.3) is 10.2 Å². The molecule has 0 atom stereocenters. The minimum Gasteiger partial charge on any atom is -0.492 e. The molecule has 30 heavy (non-hydrogen) atoms. The molecule has 1 aliphatic carbocycles. The van der Waals surface area contributed by atoms with Gasteiger partial charge in [-0.25, -0.2) is 0 Å². The summed E-state index contributed by atoms with van der Waals surface area (Å²) in [5.74, 6) is -0.0759. The molecule has 1 amide bonds. The van der Waals surface area contributed by atoms with E-state index in [0.29, 0.717) is 22.7 Å². The average Bonchev–Trinajstić information content (AvgIpc) is 3.11. The summed E-state index contributed by atoms with van der Waals surface area (Å²) < 4.78 is 13.2. The van der Waals surface area contributed by atoms with Gasteiger partial charge in [-0.15, -0.1) is 0 Å². The van der Waals surface area contributed by atoms with E-state index in [1.54, 1.807) is 4.57 Å². The Morgan fingerprint density at radius 3 is 2.70 bits per heavy atom. The summed E-state index contributed by atoms with van der Waals surface area (Å²) in [6, 6.07) is 11.5. The minimum absolute atomic E-state index is 0.0448. The summed E-state index contributed by atoms with van der Waals surface area (Å²) in [7, 11) is 1.34. The van der Waals surface area contributed by atoms with E-state index >= 15 is 0 Å². The number of methoxy groups -OCH3 is 1. The average molecular weight is 425 g/mol. The van der Waals surface area contributed by atoms with Gasteiger partial charge in [-0.1, -0.05) is 23.5 Å². The smallest absolute Gasteiger partial charge is 0.325 e. The molecule has 0 radical (unpaired) electrons. The summed E-state index contributed by atoms with van der Waals surface area (Å²) in [5, 5.41) is 0. The van der Waals surface area contributed by atoms with Gasteiger partial charge >= 0.3 is 5.97 Å². The molecule has 4 rings (SSSR count). The van der Waals surface area contributed by atoms with E-state index < -0.39 is 5.97 Å². The van der Waals surface area contributed by atoms with Crippen molar-refractivity contribution in [1.29, 1.82) is 0 Å². The first-order chi connectivity index (χ1) is 14.6. The van der Waals surface area contributed by atoms with E-state index in [4.69, 9.17) is 9.47 Å². The number of hydrogen-bond donors (Lipinski definition) is 0. The van der Waals surface area contributed by atoms with Crippen molar-refractivity contribution in [1.82, 2.24) is 4.57 Å². The van der Waals surface area contributed by atoms with E-state index in [1.165, 1.54) is 36.0 Å². The van der Waals surface area contributed by atoms with Crippen molar-refractivity contribution in [2.45, 2.75) is 39.2 Å². The molecule has 1 heterocycles. The van der Waals surface area contributed by atoms with Crippen molar-refractivity contribution >= 4 is 33.4 Å². The molecule has 0 unspecified atom stereocenters. The summed E-state index contributed by atoms with van der Waals surface area (Å²) in [6.07, 6.45) is 4.41. The van der Waals surface area contributed by atoms with Crippen LogP contribution in [0.1, 0.15) is 41.3 Å². The van der Waals surface area contributed by atoms with Crippen molar-refractivity contribution in [2.24, 2.45) is 4.99 Å². The molecule has 0 bridgehead atoms. The molecule has 0 fully saturated rings. The fourth-order valence-electron chi connectivity index (χ4n) is 3.81. The van der Waals surface area contributed by atoms with Crippen LogP contribution in [-0.4, -0.2) is 30.2 Å². The monoisotopic (exact) mass is 424 g/mol. The van der Waals surface area contributed by atoms with Crippen molar-refractivity contribution < 1.29 is 19.1 Å². The van der Waals surface area contributed by atoms with Gasteiger partial charge in [-0.2, -0.15) is 4.99 Å². The van der Waals surface area contributed by atoms with Crippen LogP contribution in [0.5, 0.6) is 5.75 Å². The van der Waals surface area contributed by atoms with Gasteiger partial charge in [-0.3, -0.25) is 9.59 Å². The molecule has 0 saturated carbocycles. The Hall–Kier alpha value is -2.93. The highest BCUT2D eigenvalue weighted by Gasteiger charge is 2.17. The number of thiazole rings is 1. The lowest BCUT2D eigenvalue weighted by atomic mass is 9.90. The Morgan fingerprint density at radius 1 is 1.13 bits per heavy atom. The number of aryl methyl sites for hydroxylation is 2. The van der Waals surface area contributed by atoms with E-state index in [9.17, 15) is 9.59 Å². The van der Waals surface area contributed by atoms with Gasteiger partial charge in [0.25, 0.3) is 5.91 Å². The molecule has 1 aromatic heterocycles. The third-order valence-electron chi connectivity index (χ3n) is 5.27. The lowest BCUT2D eigenvalue weighted by Crippen LogP contribution is -2.22. The zero-order valence-electron chi connectivity index (χ0n) is 17.1. The first-order valence-corrected chi connectivity index (χ1v) is 10.9. The number of carbonyl (C=O) groups is 2. The first kappa shape index (κ1) is 20.3. The van der Waals surface area contributed by atoms with Crippen molar-refractivity contribution in [3.8, 4) is 5.75 Å². The highest BCUT2D eigenvalue weighted by atomic mass is 32.1. The fourth-order valence-corrected chi connectivity index (χ4v) is 4.86. The molecule has 156 valence electrons. The highest BCUT2D eigenvalue weighted by molar-refractivity contribution is 7.16. The maximum atomic E-state index is 13.0. The number of ether oxygens (including phenoxy) is 2. The number of nitrogens with zero attached hydrogens (tertiary/aromatic N) is 2. The third kappa shape index (κ3) is 4.03. The van der Waals surface area contributed by atoms with Gasteiger partial charge in [0.05, 0.1) is 18.4 Å². The quantitative estimate of drug-likeness (QED) is 0.583. The Kier molecular flexibility index (Phi) is 5.99. The van der Waals surface area contributed by atoms with Crippen LogP contribution in [-0.2, 0) is 28.9 Å². The van der Waals surface area contributed by atoms with Crippen molar-refractivity contribution in [3.63, 3.8) is 0 Å². The molecule has 1 aliphatic rings. The summed E-state index contributed by atoms with van der Waals surface area (Å²) in [5.41, 5.74) is 3.87. The van der Waals surface area contributed by atoms with Gasteiger partial charge in [0.1, 0.15) is 17.8 Å². The number of carbonyl (C=O) groups excluding carboxylic acids is 2. The first-order valence-electron chi connectivity index (χ1n) is 10.1. The van der Waals surface area contributed by atoms with Crippen LogP contribution < -0.4 is 9.54 Å². The summed E-state index contributed by atoms with van der Waals surface area (Å²) in [6.45, 7) is 2.35. The number of aromatic nitrogens is 1. The number of para-hydroxylation sites is 1. The topological polar surface area (TPSA) is 69.9 Å². The van der Waals surface area contributed by atoms with Gasteiger partial charge in [-0.05, 0) is 68.0 Å². The molecular weight excluding hydrogens is 400 g/mol. The van der Waals surface area contributed by atoms with E-state index in [2.05, 4.69) is 4.99 Å². The number of fused-ring (bicyclic) bond motifs is 2. The molecule has 3 aromatic rings. The lowest BCUT2D eigenvalue weighted by molar-refractivity contribution is -0.141. The van der Waals surface area contributed by atoms with Crippen LogP contribution in [0.4, 0.5) is 0 Å². The van der Waals surface area contributed by atoms with Crippen LogP contribution in [0.2, 0.25) is 0 Å². The fraction of sp³-hybridized carbons (Fsp3) is 0.348. The molecule has 0 aliphatic heterocycles. The maximum absolute atomic E-state index is 13.0. The second kappa shape index (κ2) is 8.83. The van der Waals surface area contributed by atoms with Crippen LogP contribution in [0.15, 0.2) is 41.4 Å². The molecule has 0 spiro atoms. The minimum atomic E-state index is -0.413. The number of rotatable bonds is 5.